The number of rotatable bonds is 4. The fourth-order valence-corrected chi connectivity index (χ4v) is 4.38. The van der Waals surface area contributed by atoms with E-state index in [0.717, 1.165) is 51.0 Å². The number of nitrogens with zero attached hydrogens (tertiary/aromatic N) is 2. The first-order chi connectivity index (χ1) is 12.1. The predicted octanol–water partition coefficient (Wildman–Crippen LogP) is 2.70. The van der Waals surface area contributed by atoms with E-state index in [-0.39, 0.29) is 18.3 Å². The highest BCUT2D eigenvalue weighted by atomic mass is 35.5. The van der Waals surface area contributed by atoms with E-state index in [0.29, 0.717) is 22.5 Å². The van der Waals surface area contributed by atoms with Crippen LogP contribution < -0.4 is 10.6 Å². The summed E-state index contributed by atoms with van der Waals surface area (Å²) in [5.41, 5.74) is 1.62. The summed E-state index contributed by atoms with van der Waals surface area (Å²) in [5.74, 6) is 0.653. The lowest BCUT2D eigenvalue weighted by Gasteiger charge is -2.46. The number of anilines is 1. The molecule has 7 heteroatoms. The summed E-state index contributed by atoms with van der Waals surface area (Å²) in [4.78, 5) is 16.9. The molecule has 0 aliphatic carbocycles. The molecule has 3 aliphatic heterocycles. The van der Waals surface area contributed by atoms with Crippen molar-refractivity contribution in [2.75, 3.05) is 44.6 Å². The molecule has 0 saturated carbocycles. The van der Waals surface area contributed by atoms with Crippen molar-refractivity contribution in [1.29, 1.82) is 0 Å². The van der Waals surface area contributed by atoms with Gasteiger partial charge in [-0.05, 0) is 50.0 Å². The van der Waals surface area contributed by atoms with Gasteiger partial charge in [0.15, 0.2) is 0 Å². The van der Waals surface area contributed by atoms with Crippen LogP contribution in [0, 0.1) is 5.92 Å². The van der Waals surface area contributed by atoms with Crippen LogP contribution in [-0.2, 0) is 0 Å². The van der Waals surface area contributed by atoms with Crippen LogP contribution in [0.2, 0.25) is 5.02 Å². The molecule has 4 rings (SSSR count). The smallest absolute Gasteiger partial charge is 0.255 e. The Labute approximate surface area is 166 Å². The molecule has 0 radical (unpaired) electrons. The van der Waals surface area contributed by atoms with Gasteiger partial charge in [-0.1, -0.05) is 18.5 Å². The molecule has 3 saturated heterocycles. The van der Waals surface area contributed by atoms with Gasteiger partial charge in [0.2, 0.25) is 0 Å². The van der Waals surface area contributed by atoms with Gasteiger partial charge in [-0.15, -0.1) is 12.4 Å². The monoisotopic (exact) mass is 398 g/mol. The van der Waals surface area contributed by atoms with E-state index in [1.165, 1.54) is 12.8 Å². The van der Waals surface area contributed by atoms with Crippen molar-refractivity contribution in [2.24, 2.45) is 5.92 Å². The molecule has 3 heterocycles. The molecule has 3 fully saturated rings. The third-order valence-electron chi connectivity index (χ3n) is 5.66. The van der Waals surface area contributed by atoms with Crippen LogP contribution in [0.3, 0.4) is 0 Å². The van der Waals surface area contributed by atoms with Crippen molar-refractivity contribution in [3.63, 3.8) is 0 Å². The molecule has 0 aromatic heterocycles. The lowest BCUT2D eigenvalue weighted by Crippen LogP contribution is -2.60. The van der Waals surface area contributed by atoms with Crippen LogP contribution in [0.25, 0.3) is 0 Å². The number of nitrogens with one attached hydrogen (secondary N) is 2. The third-order valence-corrected chi connectivity index (χ3v) is 5.97. The van der Waals surface area contributed by atoms with Crippen molar-refractivity contribution in [3.05, 3.63) is 28.8 Å². The normalized spacial score (nSPS) is 22.3. The van der Waals surface area contributed by atoms with Gasteiger partial charge in [-0.3, -0.25) is 9.69 Å². The highest BCUT2D eigenvalue weighted by Gasteiger charge is 2.33. The Kier molecular flexibility index (Phi) is 6.33. The van der Waals surface area contributed by atoms with Crippen LogP contribution in [0.4, 0.5) is 5.69 Å². The third kappa shape index (κ3) is 4.11. The summed E-state index contributed by atoms with van der Waals surface area (Å²) >= 11 is 6.38. The van der Waals surface area contributed by atoms with Crippen molar-refractivity contribution in [2.45, 2.75) is 31.8 Å². The van der Waals surface area contributed by atoms with Crippen LogP contribution in [-0.4, -0.2) is 67.1 Å². The standard InChI is InChI=1S/C19H27ClN4O.ClH/c1-13-9-24(10-13)19(25)17-3-2-14(8-18(17)20)22-15-11-23(12-15)16-4-6-21-7-5-16;/h2-3,8,13,15-16,21-22H,4-7,9-12H2,1H3;1H. The minimum Gasteiger partial charge on any atom is -0.380 e. The van der Waals surface area contributed by atoms with E-state index < -0.39 is 0 Å². The number of benzene rings is 1. The molecule has 1 amide bonds. The highest BCUT2D eigenvalue weighted by molar-refractivity contribution is 6.34. The largest absolute Gasteiger partial charge is 0.380 e. The molecular weight excluding hydrogens is 371 g/mol. The number of hydrogen-bond acceptors (Lipinski definition) is 4. The molecule has 2 N–H and O–H groups in total. The number of likely N-dealkylation sites (tertiary alicyclic amines) is 2. The molecule has 0 atom stereocenters. The first-order valence-corrected chi connectivity index (χ1v) is 9.78. The minimum atomic E-state index is 0. The van der Waals surface area contributed by atoms with Crippen molar-refractivity contribution < 1.29 is 4.79 Å². The van der Waals surface area contributed by atoms with Crippen molar-refractivity contribution in [3.8, 4) is 0 Å². The summed E-state index contributed by atoms with van der Waals surface area (Å²) in [6, 6.07) is 6.95. The zero-order valence-electron chi connectivity index (χ0n) is 15.2. The number of carbonyl (C=O) groups excluding carboxylic acids is 1. The lowest BCUT2D eigenvalue weighted by atomic mass is 9.98. The fourth-order valence-electron chi connectivity index (χ4n) is 4.12. The molecule has 3 aliphatic rings. The average Bonchev–Trinajstić information content (AvgIpc) is 2.55. The van der Waals surface area contributed by atoms with Crippen LogP contribution >= 0.6 is 24.0 Å². The number of piperidine rings is 1. The van der Waals surface area contributed by atoms with Gasteiger partial charge in [0, 0.05) is 37.9 Å². The van der Waals surface area contributed by atoms with Crippen molar-refractivity contribution >= 4 is 35.6 Å². The van der Waals surface area contributed by atoms with Crippen LogP contribution in [0.5, 0.6) is 0 Å². The van der Waals surface area contributed by atoms with Crippen molar-refractivity contribution in [1.82, 2.24) is 15.1 Å². The van der Waals surface area contributed by atoms with Gasteiger partial charge >= 0.3 is 0 Å². The molecule has 0 spiro atoms. The summed E-state index contributed by atoms with van der Waals surface area (Å²) in [6.45, 7) is 8.29. The van der Waals surface area contributed by atoms with Gasteiger partial charge in [0.1, 0.15) is 0 Å². The lowest BCUT2D eigenvalue weighted by molar-refractivity contribution is 0.0530. The van der Waals surface area contributed by atoms with E-state index in [1.807, 2.05) is 23.1 Å². The SMILES string of the molecule is CC1CN(C(=O)c2ccc(NC3CN(C4CCNCC4)C3)cc2Cl)C1.Cl. The zero-order chi connectivity index (χ0) is 17.4. The van der Waals surface area contributed by atoms with E-state index >= 15 is 0 Å². The maximum absolute atomic E-state index is 12.4. The Hall–Kier alpha value is -1.01. The van der Waals surface area contributed by atoms with Gasteiger partial charge in [-0.25, -0.2) is 0 Å². The average molecular weight is 399 g/mol. The Bertz CT molecular complexity index is 638. The van der Waals surface area contributed by atoms with E-state index in [2.05, 4.69) is 22.5 Å². The Morgan fingerprint density at radius 1 is 1.19 bits per heavy atom. The summed E-state index contributed by atoms with van der Waals surface area (Å²) in [7, 11) is 0. The maximum atomic E-state index is 12.4. The van der Waals surface area contributed by atoms with Crippen LogP contribution in [0.15, 0.2) is 18.2 Å². The van der Waals surface area contributed by atoms with E-state index in [9.17, 15) is 4.79 Å². The quantitative estimate of drug-likeness (QED) is 0.818. The molecule has 0 unspecified atom stereocenters. The molecule has 1 aromatic carbocycles. The molecule has 1 aromatic rings. The number of halogens is 2. The summed E-state index contributed by atoms with van der Waals surface area (Å²) < 4.78 is 0. The Morgan fingerprint density at radius 2 is 1.88 bits per heavy atom. The molecular formula is C19H28Cl2N4O. The summed E-state index contributed by atoms with van der Waals surface area (Å²) in [5, 5.41) is 7.52. The second kappa shape index (κ2) is 8.34. The first-order valence-electron chi connectivity index (χ1n) is 9.40. The number of carbonyl (C=O) groups is 1. The van der Waals surface area contributed by atoms with Gasteiger partial charge in [0.25, 0.3) is 5.91 Å². The van der Waals surface area contributed by atoms with E-state index in [1.54, 1.807) is 0 Å². The van der Waals surface area contributed by atoms with Gasteiger partial charge < -0.3 is 15.5 Å². The Morgan fingerprint density at radius 3 is 2.50 bits per heavy atom. The molecule has 144 valence electrons. The molecule has 0 bridgehead atoms. The topological polar surface area (TPSA) is 47.6 Å². The minimum absolute atomic E-state index is 0. The first kappa shape index (κ1) is 19.7. The second-order valence-electron chi connectivity index (χ2n) is 7.79. The van der Waals surface area contributed by atoms with Gasteiger partial charge in [0.05, 0.1) is 16.6 Å². The Balaban J connectivity index is 0.00000196. The van der Waals surface area contributed by atoms with Gasteiger partial charge in [-0.2, -0.15) is 0 Å². The van der Waals surface area contributed by atoms with Crippen LogP contribution in [0.1, 0.15) is 30.1 Å². The number of amides is 1. The fraction of sp³-hybridized carbons (Fsp3) is 0.632. The predicted molar refractivity (Wildman–Crippen MR) is 109 cm³/mol. The summed E-state index contributed by atoms with van der Waals surface area (Å²) in [6.07, 6.45) is 2.51. The zero-order valence-corrected chi connectivity index (χ0v) is 16.8. The molecule has 5 nitrogen and oxygen atoms in total. The van der Waals surface area contributed by atoms with E-state index in [4.69, 9.17) is 11.6 Å². The second-order valence-corrected chi connectivity index (χ2v) is 8.19. The highest BCUT2D eigenvalue weighted by Crippen LogP contribution is 2.27. The number of hydrogen-bond donors (Lipinski definition) is 2. The maximum Gasteiger partial charge on any atom is 0.255 e. The molecule has 26 heavy (non-hydrogen) atoms.